The van der Waals surface area contributed by atoms with Gasteiger partial charge in [-0.15, -0.1) is 0 Å². The number of rotatable bonds is 7. The lowest BCUT2D eigenvalue weighted by molar-refractivity contribution is -0.145. The molecule has 2 unspecified atom stereocenters. The molecule has 2 atom stereocenters. The average molecular weight is 300 g/mol. The van der Waals surface area contributed by atoms with Crippen molar-refractivity contribution in [3.8, 4) is 0 Å². The van der Waals surface area contributed by atoms with E-state index in [-0.39, 0.29) is 24.2 Å². The number of carbonyl (C=O) groups is 1. The summed E-state index contributed by atoms with van der Waals surface area (Å²) < 4.78 is 16.7. The van der Waals surface area contributed by atoms with Gasteiger partial charge in [-0.05, 0) is 32.6 Å². The highest BCUT2D eigenvalue weighted by atomic mass is 16.5. The van der Waals surface area contributed by atoms with Crippen LogP contribution in [0.2, 0.25) is 0 Å². The number of ether oxygens (including phenoxy) is 3. The first-order valence-corrected chi connectivity index (χ1v) is 8.08. The van der Waals surface area contributed by atoms with E-state index in [0.717, 1.165) is 45.4 Å². The summed E-state index contributed by atoms with van der Waals surface area (Å²) in [6.07, 6.45) is 3.49. The molecule has 2 fully saturated rings. The Morgan fingerprint density at radius 1 is 1.24 bits per heavy atom. The second-order valence-corrected chi connectivity index (χ2v) is 5.65. The maximum absolute atomic E-state index is 12.4. The number of hydrogen-bond acceptors (Lipinski definition) is 5. The van der Waals surface area contributed by atoms with Crippen molar-refractivity contribution in [1.29, 1.82) is 0 Å². The van der Waals surface area contributed by atoms with Gasteiger partial charge in [0.15, 0.2) is 0 Å². The second-order valence-electron chi connectivity index (χ2n) is 5.65. The van der Waals surface area contributed by atoms with Crippen LogP contribution in [-0.2, 0) is 19.0 Å². The summed E-state index contributed by atoms with van der Waals surface area (Å²) in [6, 6.07) is 0. The van der Waals surface area contributed by atoms with Crippen molar-refractivity contribution in [2.45, 2.75) is 50.9 Å². The molecule has 0 aromatic heterocycles. The SMILES string of the molecule is CCOCCOC1CCN(C(=O)C2CCC(CN)O2)CC1. The molecular weight excluding hydrogens is 272 g/mol. The number of hydrogen-bond donors (Lipinski definition) is 1. The van der Waals surface area contributed by atoms with E-state index in [1.165, 1.54) is 0 Å². The third-order valence-corrected chi connectivity index (χ3v) is 4.18. The smallest absolute Gasteiger partial charge is 0.251 e. The first-order valence-electron chi connectivity index (χ1n) is 8.08. The Balaban J connectivity index is 1.65. The van der Waals surface area contributed by atoms with Gasteiger partial charge in [0.2, 0.25) is 0 Å². The van der Waals surface area contributed by atoms with Crippen molar-refractivity contribution in [2.24, 2.45) is 5.73 Å². The van der Waals surface area contributed by atoms with Crippen molar-refractivity contribution in [1.82, 2.24) is 4.90 Å². The Hall–Kier alpha value is -0.690. The molecule has 0 radical (unpaired) electrons. The fourth-order valence-corrected chi connectivity index (χ4v) is 2.93. The monoisotopic (exact) mass is 300 g/mol. The van der Waals surface area contributed by atoms with Gasteiger partial charge in [-0.1, -0.05) is 0 Å². The molecular formula is C15H28N2O4. The summed E-state index contributed by atoms with van der Waals surface area (Å²) in [5.74, 6) is 0.124. The molecule has 21 heavy (non-hydrogen) atoms. The Bertz CT molecular complexity index is 319. The first kappa shape index (κ1) is 16.7. The molecule has 2 aliphatic heterocycles. The molecule has 0 aromatic rings. The Kier molecular flexibility index (Phi) is 6.89. The molecule has 2 rings (SSSR count). The normalized spacial score (nSPS) is 27.2. The van der Waals surface area contributed by atoms with Crippen molar-refractivity contribution < 1.29 is 19.0 Å². The molecule has 6 heteroatoms. The summed E-state index contributed by atoms with van der Waals surface area (Å²) in [4.78, 5) is 14.3. The molecule has 0 aromatic carbocycles. The number of nitrogens with zero attached hydrogens (tertiary/aromatic N) is 1. The highest BCUT2D eigenvalue weighted by molar-refractivity contribution is 5.81. The highest BCUT2D eigenvalue weighted by Crippen LogP contribution is 2.23. The third kappa shape index (κ3) is 4.92. The minimum atomic E-state index is -0.283. The van der Waals surface area contributed by atoms with Gasteiger partial charge >= 0.3 is 0 Å². The molecule has 0 spiro atoms. The largest absolute Gasteiger partial charge is 0.379 e. The van der Waals surface area contributed by atoms with Gasteiger partial charge in [0.25, 0.3) is 5.91 Å². The zero-order chi connectivity index (χ0) is 15.1. The van der Waals surface area contributed by atoms with E-state index in [4.69, 9.17) is 19.9 Å². The van der Waals surface area contributed by atoms with Crippen molar-refractivity contribution in [3.05, 3.63) is 0 Å². The molecule has 2 heterocycles. The average Bonchev–Trinajstić information content (AvgIpc) is 3.00. The van der Waals surface area contributed by atoms with Crippen LogP contribution in [0.25, 0.3) is 0 Å². The maximum Gasteiger partial charge on any atom is 0.251 e. The molecule has 0 bridgehead atoms. The van der Waals surface area contributed by atoms with Crippen molar-refractivity contribution in [2.75, 3.05) is 39.5 Å². The van der Waals surface area contributed by atoms with Crippen LogP contribution in [0.4, 0.5) is 0 Å². The van der Waals surface area contributed by atoms with Crippen LogP contribution < -0.4 is 5.73 Å². The molecule has 2 aliphatic rings. The molecule has 122 valence electrons. The number of likely N-dealkylation sites (tertiary alicyclic amines) is 1. The molecule has 2 N–H and O–H groups in total. The van der Waals surface area contributed by atoms with Crippen molar-refractivity contribution in [3.63, 3.8) is 0 Å². The van der Waals surface area contributed by atoms with E-state index < -0.39 is 0 Å². The lowest BCUT2D eigenvalue weighted by atomic mass is 10.1. The van der Waals surface area contributed by atoms with E-state index in [1.54, 1.807) is 0 Å². The van der Waals surface area contributed by atoms with E-state index >= 15 is 0 Å². The van der Waals surface area contributed by atoms with Crippen LogP contribution in [0.15, 0.2) is 0 Å². The molecule has 6 nitrogen and oxygen atoms in total. The zero-order valence-electron chi connectivity index (χ0n) is 13.0. The van der Waals surface area contributed by atoms with Gasteiger partial charge in [0.1, 0.15) is 6.10 Å². The zero-order valence-corrected chi connectivity index (χ0v) is 13.0. The third-order valence-electron chi connectivity index (χ3n) is 4.18. The molecule has 2 saturated heterocycles. The number of nitrogens with two attached hydrogens (primary N) is 1. The van der Waals surface area contributed by atoms with E-state index in [9.17, 15) is 4.79 Å². The van der Waals surface area contributed by atoms with Crippen LogP contribution in [-0.4, -0.2) is 68.6 Å². The maximum atomic E-state index is 12.4. The van der Waals surface area contributed by atoms with Gasteiger partial charge in [-0.25, -0.2) is 0 Å². The number of piperidine rings is 1. The van der Waals surface area contributed by atoms with Crippen LogP contribution >= 0.6 is 0 Å². The molecule has 0 saturated carbocycles. The molecule has 0 aliphatic carbocycles. The van der Waals surface area contributed by atoms with Gasteiger partial charge in [0, 0.05) is 26.2 Å². The predicted octanol–water partition coefficient (Wildman–Crippen LogP) is 0.537. The lowest BCUT2D eigenvalue weighted by Crippen LogP contribution is -2.45. The van der Waals surface area contributed by atoms with Gasteiger partial charge in [0.05, 0.1) is 25.4 Å². The minimum Gasteiger partial charge on any atom is -0.379 e. The van der Waals surface area contributed by atoms with Crippen LogP contribution in [0.3, 0.4) is 0 Å². The van der Waals surface area contributed by atoms with E-state index in [2.05, 4.69) is 0 Å². The summed E-state index contributed by atoms with van der Waals surface area (Å²) in [5.41, 5.74) is 5.58. The minimum absolute atomic E-state index is 0.0541. The summed E-state index contributed by atoms with van der Waals surface area (Å²) >= 11 is 0. The standard InChI is InChI=1S/C15H28N2O4/c1-2-19-9-10-20-12-5-7-17(8-6-12)15(18)14-4-3-13(11-16)21-14/h12-14H,2-11,16H2,1H3. The van der Waals surface area contributed by atoms with Gasteiger partial charge in [-0.3, -0.25) is 4.79 Å². The summed E-state index contributed by atoms with van der Waals surface area (Å²) in [6.45, 7) is 5.99. The van der Waals surface area contributed by atoms with Crippen LogP contribution in [0, 0.1) is 0 Å². The Morgan fingerprint density at radius 2 is 2.00 bits per heavy atom. The van der Waals surface area contributed by atoms with Crippen LogP contribution in [0.5, 0.6) is 0 Å². The molecule has 1 amide bonds. The topological polar surface area (TPSA) is 74.0 Å². The number of carbonyl (C=O) groups excluding carboxylic acids is 1. The van der Waals surface area contributed by atoms with E-state index in [1.807, 2.05) is 11.8 Å². The Labute approximate surface area is 126 Å². The summed E-state index contributed by atoms with van der Waals surface area (Å²) in [5, 5.41) is 0. The predicted molar refractivity (Wildman–Crippen MR) is 79.0 cm³/mol. The summed E-state index contributed by atoms with van der Waals surface area (Å²) in [7, 11) is 0. The Morgan fingerprint density at radius 3 is 2.62 bits per heavy atom. The number of amides is 1. The first-order chi connectivity index (χ1) is 10.2. The van der Waals surface area contributed by atoms with Crippen LogP contribution in [0.1, 0.15) is 32.6 Å². The quantitative estimate of drug-likeness (QED) is 0.695. The van der Waals surface area contributed by atoms with Gasteiger partial charge in [-0.2, -0.15) is 0 Å². The highest BCUT2D eigenvalue weighted by Gasteiger charge is 2.34. The van der Waals surface area contributed by atoms with E-state index in [0.29, 0.717) is 19.8 Å². The second kappa shape index (κ2) is 8.68. The van der Waals surface area contributed by atoms with Crippen molar-refractivity contribution >= 4 is 5.91 Å². The fraction of sp³-hybridized carbons (Fsp3) is 0.933. The van der Waals surface area contributed by atoms with Gasteiger partial charge < -0.3 is 24.8 Å². The lowest BCUT2D eigenvalue weighted by Gasteiger charge is -2.33. The fourth-order valence-electron chi connectivity index (χ4n) is 2.93.